The number of aryl methyl sites for hydroxylation is 1. The highest BCUT2D eigenvalue weighted by Gasteiger charge is 2.37. The molecule has 0 radical (unpaired) electrons. The van der Waals surface area contributed by atoms with Gasteiger partial charge in [0.2, 0.25) is 0 Å². The molecule has 0 aliphatic carbocycles. The van der Waals surface area contributed by atoms with Crippen LogP contribution in [-0.2, 0) is 9.53 Å². The maximum absolute atomic E-state index is 11.3. The summed E-state index contributed by atoms with van der Waals surface area (Å²) in [6.45, 7) is 2.48. The lowest BCUT2D eigenvalue weighted by Crippen LogP contribution is -2.20. The molecule has 20 heavy (non-hydrogen) atoms. The van der Waals surface area contributed by atoms with Crippen LogP contribution in [0.3, 0.4) is 0 Å². The van der Waals surface area contributed by atoms with E-state index in [1.54, 1.807) is 10.9 Å². The lowest BCUT2D eigenvalue weighted by atomic mass is 9.99. The van der Waals surface area contributed by atoms with Crippen LogP contribution < -0.4 is 0 Å². The summed E-state index contributed by atoms with van der Waals surface area (Å²) in [5.74, 6) is -1.32. The van der Waals surface area contributed by atoms with Crippen LogP contribution in [0.5, 0.6) is 0 Å². The van der Waals surface area contributed by atoms with Crippen LogP contribution in [0.1, 0.15) is 23.8 Å². The highest BCUT2D eigenvalue weighted by Crippen LogP contribution is 2.35. The molecular formula is C15H16N2O3. The predicted molar refractivity (Wildman–Crippen MR) is 72.7 cm³/mol. The molecule has 2 heterocycles. The summed E-state index contributed by atoms with van der Waals surface area (Å²) in [5, 5.41) is 13.6. The fraction of sp³-hybridized carbons (Fsp3) is 0.333. The van der Waals surface area contributed by atoms with Crippen molar-refractivity contribution in [2.45, 2.75) is 19.4 Å². The molecule has 1 aliphatic rings. The smallest absolute Gasteiger partial charge is 0.309 e. The molecule has 0 unspecified atom stereocenters. The Kier molecular flexibility index (Phi) is 3.28. The molecule has 0 spiro atoms. The number of para-hydroxylation sites is 1. The normalized spacial score (nSPS) is 22.1. The number of hydrogen-bond donors (Lipinski definition) is 1. The van der Waals surface area contributed by atoms with Crippen LogP contribution >= 0.6 is 0 Å². The van der Waals surface area contributed by atoms with Gasteiger partial charge in [-0.15, -0.1) is 0 Å². The fourth-order valence-corrected chi connectivity index (χ4v) is 2.67. The molecule has 2 aromatic rings. The van der Waals surface area contributed by atoms with Crippen LogP contribution in [0.15, 0.2) is 36.5 Å². The maximum Gasteiger partial charge on any atom is 0.309 e. The number of carbonyl (C=O) groups is 1. The zero-order valence-electron chi connectivity index (χ0n) is 11.2. The lowest BCUT2D eigenvalue weighted by molar-refractivity contribution is -0.143. The van der Waals surface area contributed by atoms with Crippen molar-refractivity contribution in [3.05, 3.63) is 47.8 Å². The molecule has 1 aromatic carbocycles. The van der Waals surface area contributed by atoms with Gasteiger partial charge in [0.1, 0.15) is 6.10 Å². The summed E-state index contributed by atoms with van der Waals surface area (Å²) >= 11 is 0. The zero-order chi connectivity index (χ0) is 14.1. The van der Waals surface area contributed by atoms with Gasteiger partial charge >= 0.3 is 5.97 Å². The summed E-state index contributed by atoms with van der Waals surface area (Å²) in [6, 6.07) is 9.71. The summed E-state index contributed by atoms with van der Waals surface area (Å²) in [5.41, 5.74) is 2.83. The number of hydrogen-bond acceptors (Lipinski definition) is 3. The molecule has 1 fully saturated rings. The third-order valence-corrected chi connectivity index (χ3v) is 3.72. The predicted octanol–water partition coefficient (Wildman–Crippen LogP) is 2.34. The third-order valence-electron chi connectivity index (χ3n) is 3.72. The first-order valence-corrected chi connectivity index (χ1v) is 6.63. The topological polar surface area (TPSA) is 64.4 Å². The minimum atomic E-state index is -0.815. The average molecular weight is 272 g/mol. The SMILES string of the molecule is Cc1ccccc1-n1nccc1[C@@H]1OCC[C@@H]1C(=O)O. The number of ether oxygens (including phenoxy) is 1. The van der Waals surface area contributed by atoms with Gasteiger partial charge in [0, 0.05) is 12.8 Å². The second-order valence-electron chi connectivity index (χ2n) is 4.98. The van der Waals surface area contributed by atoms with E-state index in [1.165, 1.54) is 0 Å². The molecule has 1 N–H and O–H groups in total. The van der Waals surface area contributed by atoms with Crippen molar-refractivity contribution in [1.82, 2.24) is 9.78 Å². The van der Waals surface area contributed by atoms with Gasteiger partial charge in [0.05, 0.1) is 17.3 Å². The van der Waals surface area contributed by atoms with Crippen molar-refractivity contribution in [1.29, 1.82) is 0 Å². The van der Waals surface area contributed by atoms with E-state index in [0.29, 0.717) is 13.0 Å². The van der Waals surface area contributed by atoms with E-state index in [0.717, 1.165) is 16.9 Å². The van der Waals surface area contributed by atoms with Crippen molar-refractivity contribution < 1.29 is 14.6 Å². The Morgan fingerprint density at radius 1 is 1.40 bits per heavy atom. The first-order chi connectivity index (χ1) is 9.68. The molecule has 5 nitrogen and oxygen atoms in total. The van der Waals surface area contributed by atoms with Gasteiger partial charge in [-0.05, 0) is 31.0 Å². The monoisotopic (exact) mass is 272 g/mol. The molecule has 1 saturated heterocycles. The van der Waals surface area contributed by atoms with E-state index in [2.05, 4.69) is 5.10 Å². The van der Waals surface area contributed by atoms with Crippen LogP contribution in [0, 0.1) is 12.8 Å². The van der Waals surface area contributed by atoms with Gasteiger partial charge in [-0.25, -0.2) is 4.68 Å². The fourth-order valence-electron chi connectivity index (χ4n) is 2.67. The standard InChI is InChI=1S/C15H16N2O3/c1-10-4-2-3-5-12(10)17-13(6-8-16-17)14-11(15(18)19)7-9-20-14/h2-6,8,11,14H,7,9H2,1H3,(H,18,19)/t11-,14+/m0/s1. The Morgan fingerprint density at radius 3 is 2.95 bits per heavy atom. The van der Waals surface area contributed by atoms with Crippen LogP contribution in [0.25, 0.3) is 5.69 Å². The average Bonchev–Trinajstić information content (AvgIpc) is 3.07. The molecule has 104 valence electrons. The second kappa shape index (κ2) is 5.09. The van der Waals surface area contributed by atoms with Gasteiger partial charge in [-0.3, -0.25) is 4.79 Å². The zero-order valence-corrected chi connectivity index (χ0v) is 11.2. The Balaban J connectivity index is 2.03. The minimum Gasteiger partial charge on any atom is -0.481 e. The van der Waals surface area contributed by atoms with E-state index in [9.17, 15) is 9.90 Å². The number of benzene rings is 1. The quantitative estimate of drug-likeness (QED) is 0.931. The van der Waals surface area contributed by atoms with Crippen molar-refractivity contribution >= 4 is 5.97 Å². The van der Waals surface area contributed by atoms with Crippen LogP contribution in [-0.4, -0.2) is 27.5 Å². The first-order valence-electron chi connectivity index (χ1n) is 6.63. The highest BCUT2D eigenvalue weighted by atomic mass is 16.5. The van der Waals surface area contributed by atoms with E-state index in [-0.39, 0.29) is 0 Å². The van der Waals surface area contributed by atoms with Crippen LogP contribution in [0.4, 0.5) is 0 Å². The van der Waals surface area contributed by atoms with E-state index >= 15 is 0 Å². The molecule has 0 saturated carbocycles. The number of nitrogens with zero attached hydrogens (tertiary/aromatic N) is 2. The summed E-state index contributed by atoms with van der Waals surface area (Å²) in [4.78, 5) is 11.3. The second-order valence-corrected chi connectivity index (χ2v) is 4.98. The van der Waals surface area contributed by atoms with Crippen LogP contribution in [0.2, 0.25) is 0 Å². The Bertz CT molecular complexity index is 636. The maximum atomic E-state index is 11.3. The van der Waals surface area contributed by atoms with E-state index in [1.807, 2.05) is 37.3 Å². The molecule has 0 amide bonds. The molecule has 2 atom stereocenters. The molecule has 3 rings (SSSR count). The first kappa shape index (κ1) is 12.9. The Hall–Kier alpha value is -2.14. The Morgan fingerprint density at radius 2 is 2.20 bits per heavy atom. The van der Waals surface area contributed by atoms with Crippen molar-refractivity contribution in [3.8, 4) is 5.69 Å². The number of rotatable bonds is 3. The molecular weight excluding hydrogens is 256 g/mol. The van der Waals surface area contributed by atoms with Gasteiger partial charge in [-0.1, -0.05) is 18.2 Å². The minimum absolute atomic E-state index is 0.436. The lowest BCUT2D eigenvalue weighted by Gasteiger charge is -2.17. The third kappa shape index (κ3) is 2.10. The Labute approximate surface area is 116 Å². The number of aliphatic carboxylic acids is 1. The largest absolute Gasteiger partial charge is 0.481 e. The number of carboxylic acid groups (broad SMARTS) is 1. The molecule has 1 aromatic heterocycles. The van der Waals surface area contributed by atoms with E-state index < -0.39 is 18.0 Å². The highest BCUT2D eigenvalue weighted by molar-refractivity contribution is 5.71. The summed E-state index contributed by atoms with van der Waals surface area (Å²) < 4.78 is 7.41. The number of aromatic nitrogens is 2. The van der Waals surface area contributed by atoms with Crippen molar-refractivity contribution in [3.63, 3.8) is 0 Å². The molecule has 0 bridgehead atoms. The molecule has 1 aliphatic heterocycles. The van der Waals surface area contributed by atoms with Gasteiger partial charge in [0.25, 0.3) is 0 Å². The number of carboxylic acids is 1. The van der Waals surface area contributed by atoms with Crippen molar-refractivity contribution in [2.24, 2.45) is 5.92 Å². The summed E-state index contributed by atoms with van der Waals surface area (Å²) in [6.07, 6.45) is 1.79. The van der Waals surface area contributed by atoms with Gasteiger partial charge < -0.3 is 9.84 Å². The molecule has 5 heteroatoms. The van der Waals surface area contributed by atoms with Crippen molar-refractivity contribution in [2.75, 3.05) is 6.61 Å². The van der Waals surface area contributed by atoms with E-state index in [4.69, 9.17) is 4.74 Å². The van der Waals surface area contributed by atoms with Gasteiger partial charge in [-0.2, -0.15) is 5.10 Å². The van der Waals surface area contributed by atoms with Gasteiger partial charge in [0.15, 0.2) is 0 Å². The summed E-state index contributed by atoms with van der Waals surface area (Å²) in [7, 11) is 0.